The van der Waals surface area contributed by atoms with Crippen LogP contribution in [0.4, 0.5) is 0 Å². The molecule has 0 spiro atoms. The molecule has 1 unspecified atom stereocenters. The van der Waals surface area contributed by atoms with Crippen molar-refractivity contribution >= 4 is 11.9 Å². The molecular formula is C34H36O8. The van der Waals surface area contributed by atoms with Crippen molar-refractivity contribution in [2.75, 3.05) is 26.4 Å². The van der Waals surface area contributed by atoms with Gasteiger partial charge in [0.25, 0.3) is 0 Å². The molecule has 3 aromatic carbocycles. The number of hydrogen-bond donors (Lipinski definition) is 1. The van der Waals surface area contributed by atoms with E-state index in [1.165, 1.54) is 0 Å². The van der Waals surface area contributed by atoms with Crippen LogP contribution in [0.5, 0.6) is 17.2 Å². The molecule has 0 bridgehead atoms. The molecule has 1 N–H and O–H groups in total. The maximum Gasteiger partial charge on any atom is 0.338 e. The van der Waals surface area contributed by atoms with Crippen LogP contribution in [-0.2, 0) is 19.1 Å². The van der Waals surface area contributed by atoms with E-state index in [0.29, 0.717) is 34.0 Å². The molecular weight excluding hydrogens is 536 g/mol. The number of esters is 2. The number of aliphatic hydroxyl groups excluding tert-OH is 1. The van der Waals surface area contributed by atoms with Gasteiger partial charge in [0.1, 0.15) is 37.1 Å². The molecule has 42 heavy (non-hydrogen) atoms. The summed E-state index contributed by atoms with van der Waals surface area (Å²) in [5, 5.41) is 9.77. The Morgan fingerprint density at radius 2 is 1.12 bits per heavy atom. The van der Waals surface area contributed by atoms with Gasteiger partial charge in [0.15, 0.2) is 6.29 Å². The lowest BCUT2D eigenvalue weighted by Gasteiger charge is -2.15. The Hall–Kier alpha value is -4.66. The summed E-state index contributed by atoms with van der Waals surface area (Å²) < 4.78 is 27.4. The molecule has 0 fully saturated rings. The Morgan fingerprint density at radius 1 is 0.643 bits per heavy atom. The molecule has 0 saturated heterocycles. The third-order valence-corrected chi connectivity index (χ3v) is 5.83. The van der Waals surface area contributed by atoms with Gasteiger partial charge in [0, 0.05) is 17.2 Å². The van der Waals surface area contributed by atoms with Gasteiger partial charge in [-0.1, -0.05) is 56.1 Å². The fourth-order valence-electron chi connectivity index (χ4n) is 3.55. The standard InChI is InChI=1S/C34H36O8/c1-22(2)32(35)40-17-15-38-30-19-28(20-31(21-30)39-16-18-41-33(36)23(3)4)27-9-7-25(8-10-27)26-11-13-29(14-12-26)42-34(37)24(5)6/h7-14,19-21,32,35H,1,3,5,15-18H2,2,4,6H3. The highest BCUT2D eigenvalue weighted by molar-refractivity contribution is 5.89. The van der Waals surface area contributed by atoms with Crippen LogP contribution in [-0.4, -0.2) is 49.8 Å². The molecule has 8 nitrogen and oxygen atoms in total. The van der Waals surface area contributed by atoms with Gasteiger partial charge in [-0.3, -0.25) is 0 Å². The second-order valence-electron chi connectivity index (χ2n) is 9.65. The highest BCUT2D eigenvalue weighted by Crippen LogP contribution is 2.32. The number of carbonyl (C=O) groups is 2. The van der Waals surface area contributed by atoms with Crippen molar-refractivity contribution in [3.8, 4) is 39.5 Å². The molecule has 8 heteroatoms. The molecule has 0 amide bonds. The third kappa shape index (κ3) is 9.76. The average molecular weight is 573 g/mol. The van der Waals surface area contributed by atoms with E-state index in [0.717, 1.165) is 22.3 Å². The first kappa shape index (κ1) is 31.9. The fraction of sp³-hybridized carbons (Fsp3) is 0.235. The summed E-state index contributed by atoms with van der Waals surface area (Å²) >= 11 is 0. The predicted octanol–water partition coefficient (Wildman–Crippen LogP) is 6.29. The Labute approximate surface area is 246 Å². The minimum Gasteiger partial charge on any atom is -0.491 e. The normalized spacial score (nSPS) is 11.2. The van der Waals surface area contributed by atoms with Crippen LogP contribution in [0.3, 0.4) is 0 Å². The maximum absolute atomic E-state index is 11.8. The third-order valence-electron chi connectivity index (χ3n) is 5.83. The summed E-state index contributed by atoms with van der Waals surface area (Å²) in [6.07, 6.45) is -1.05. The van der Waals surface area contributed by atoms with Crippen LogP contribution in [0.1, 0.15) is 20.8 Å². The summed E-state index contributed by atoms with van der Waals surface area (Å²) in [6, 6.07) is 20.6. The number of rotatable bonds is 15. The quantitative estimate of drug-likeness (QED) is 0.0566. The van der Waals surface area contributed by atoms with Gasteiger partial charge < -0.3 is 28.8 Å². The van der Waals surface area contributed by atoms with Crippen molar-refractivity contribution in [3.63, 3.8) is 0 Å². The van der Waals surface area contributed by atoms with Gasteiger partial charge >= 0.3 is 11.9 Å². The van der Waals surface area contributed by atoms with E-state index in [4.69, 9.17) is 23.7 Å². The minimum absolute atomic E-state index is 0.0681. The first-order valence-corrected chi connectivity index (χ1v) is 13.3. The Bertz CT molecular complexity index is 1420. The Kier molecular flexibility index (Phi) is 11.7. The van der Waals surface area contributed by atoms with Gasteiger partial charge in [-0.15, -0.1) is 0 Å². The summed E-state index contributed by atoms with van der Waals surface area (Å²) in [4.78, 5) is 23.4. The fourth-order valence-corrected chi connectivity index (χ4v) is 3.55. The molecule has 0 aromatic heterocycles. The molecule has 3 aromatic rings. The molecule has 0 heterocycles. The van der Waals surface area contributed by atoms with Crippen molar-refractivity contribution in [1.29, 1.82) is 0 Å². The zero-order valence-corrected chi connectivity index (χ0v) is 24.2. The number of aliphatic hydroxyl groups is 1. The minimum atomic E-state index is -1.05. The van der Waals surface area contributed by atoms with Gasteiger partial charge in [-0.25, -0.2) is 9.59 Å². The molecule has 1 atom stereocenters. The van der Waals surface area contributed by atoms with Crippen molar-refractivity contribution in [2.24, 2.45) is 0 Å². The first-order chi connectivity index (χ1) is 20.0. The molecule has 0 aliphatic carbocycles. The van der Waals surface area contributed by atoms with Crippen LogP contribution in [0.15, 0.2) is 103 Å². The SMILES string of the molecule is C=C(C)C(=O)OCCOc1cc(OCCOC(O)C(=C)C)cc(-c2ccc(-c3ccc(OC(=O)C(=C)C)cc3)cc2)c1. The first-order valence-electron chi connectivity index (χ1n) is 13.3. The summed E-state index contributed by atoms with van der Waals surface area (Å²) in [6.45, 7) is 16.2. The summed E-state index contributed by atoms with van der Waals surface area (Å²) in [5.74, 6) is 0.573. The van der Waals surface area contributed by atoms with E-state index in [-0.39, 0.29) is 26.4 Å². The number of benzene rings is 3. The molecule has 0 saturated carbocycles. The Balaban J connectivity index is 1.74. The number of ether oxygens (including phenoxy) is 5. The van der Waals surface area contributed by atoms with Crippen molar-refractivity contribution < 1.29 is 38.4 Å². The smallest absolute Gasteiger partial charge is 0.338 e. The molecule has 0 aliphatic rings. The van der Waals surface area contributed by atoms with Gasteiger partial charge in [0.2, 0.25) is 0 Å². The van der Waals surface area contributed by atoms with E-state index in [9.17, 15) is 14.7 Å². The monoisotopic (exact) mass is 572 g/mol. The number of hydrogen-bond acceptors (Lipinski definition) is 8. The van der Waals surface area contributed by atoms with Crippen LogP contribution in [0.25, 0.3) is 22.3 Å². The lowest BCUT2D eigenvalue weighted by Crippen LogP contribution is -2.17. The highest BCUT2D eigenvalue weighted by Gasteiger charge is 2.10. The van der Waals surface area contributed by atoms with E-state index in [2.05, 4.69) is 19.7 Å². The van der Waals surface area contributed by atoms with Crippen molar-refractivity contribution in [2.45, 2.75) is 27.1 Å². The van der Waals surface area contributed by atoms with Crippen LogP contribution in [0, 0.1) is 0 Å². The van der Waals surface area contributed by atoms with E-state index in [1.54, 1.807) is 39.0 Å². The molecule has 3 rings (SSSR count). The predicted molar refractivity (Wildman–Crippen MR) is 161 cm³/mol. The van der Waals surface area contributed by atoms with Crippen LogP contribution < -0.4 is 14.2 Å². The summed E-state index contributed by atoms with van der Waals surface area (Å²) in [5.41, 5.74) is 4.86. The van der Waals surface area contributed by atoms with Gasteiger partial charge in [0.05, 0.1) is 6.61 Å². The van der Waals surface area contributed by atoms with Gasteiger partial charge in [-0.05, 0) is 72.9 Å². The summed E-state index contributed by atoms with van der Waals surface area (Å²) in [7, 11) is 0. The molecule has 0 radical (unpaired) electrons. The molecule has 0 aliphatic heterocycles. The second-order valence-corrected chi connectivity index (χ2v) is 9.65. The lowest BCUT2D eigenvalue weighted by molar-refractivity contribution is -0.139. The topological polar surface area (TPSA) is 101 Å². The number of carbonyl (C=O) groups excluding carboxylic acids is 2. The van der Waals surface area contributed by atoms with Crippen LogP contribution >= 0.6 is 0 Å². The van der Waals surface area contributed by atoms with E-state index < -0.39 is 18.2 Å². The highest BCUT2D eigenvalue weighted by atomic mass is 16.6. The second kappa shape index (κ2) is 15.4. The maximum atomic E-state index is 11.8. The van der Waals surface area contributed by atoms with Gasteiger partial charge in [-0.2, -0.15) is 0 Å². The van der Waals surface area contributed by atoms with Crippen LogP contribution in [0.2, 0.25) is 0 Å². The molecule has 220 valence electrons. The zero-order chi connectivity index (χ0) is 30.6. The Morgan fingerprint density at radius 3 is 1.62 bits per heavy atom. The average Bonchev–Trinajstić information content (AvgIpc) is 2.97. The van der Waals surface area contributed by atoms with Crippen molar-refractivity contribution in [1.82, 2.24) is 0 Å². The lowest BCUT2D eigenvalue weighted by atomic mass is 10.00. The van der Waals surface area contributed by atoms with E-state index in [1.807, 2.05) is 48.5 Å². The largest absolute Gasteiger partial charge is 0.491 e. The van der Waals surface area contributed by atoms with Crippen molar-refractivity contribution in [3.05, 3.63) is 103 Å². The zero-order valence-electron chi connectivity index (χ0n) is 24.2. The van der Waals surface area contributed by atoms with E-state index >= 15 is 0 Å².